The van der Waals surface area contributed by atoms with Crippen LogP contribution in [0.25, 0.3) is 11.4 Å². The van der Waals surface area contributed by atoms with E-state index in [9.17, 15) is 4.79 Å². The first kappa shape index (κ1) is 20.5. The number of nitrogens with zero attached hydrogens (tertiary/aromatic N) is 4. The molecule has 1 aliphatic rings. The van der Waals surface area contributed by atoms with Gasteiger partial charge in [-0.25, -0.2) is 4.68 Å². The number of carbonyl (C=O) groups excluding carboxylic acids is 1. The van der Waals surface area contributed by atoms with E-state index in [-0.39, 0.29) is 11.9 Å². The average molecular weight is 405 g/mol. The molecule has 1 aromatic heterocycles. The predicted molar refractivity (Wildman–Crippen MR) is 110 cm³/mol. The molecule has 1 fully saturated rings. The van der Waals surface area contributed by atoms with E-state index in [0.29, 0.717) is 24.6 Å². The van der Waals surface area contributed by atoms with Gasteiger partial charge < -0.3 is 14.0 Å². The van der Waals surface area contributed by atoms with E-state index in [0.717, 1.165) is 43.1 Å². The van der Waals surface area contributed by atoms with Crippen LogP contribution in [0.4, 0.5) is 0 Å². The first-order chi connectivity index (χ1) is 13.6. The lowest BCUT2D eigenvalue weighted by molar-refractivity contribution is -0.150. The van der Waals surface area contributed by atoms with Crippen LogP contribution in [0.5, 0.6) is 5.75 Å². The summed E-state index contributed by atoms with van der Waals surface area (Å²) >= 11 is 5.67. The minimum Gasteiger partial charge on any atom is -0.497 e. The van der Waals surface area contributed by atoms with Gasteiger partial charge in [0.1, 0.15) is 5.75 Å². The second-order valence-corrected chi connectivity index (χ2v) is 7.25. The van der Waals surface area contributed by atoms with E-state index in [1.807, 2.05) is 40.4 Å². The monoisotopic (exact) mass is 404 g/mol. The Morgan fingerprint density at radius 3 is 2.68 bits per heavy atom. The maximum atomic E-state index is 12.1. The summed E-state index contributed by atoms with van der Waals surface area (Å²) in [5.74, 6) is 1.48. The number of rotatable bonds is 7. The van der Waals surface area contributed by atoms with Crippen molar-refractivity contribution in [2.24, 2.45) is 5.92 Å². The largest absolute Gasteiger partial charge is 0.497 e. The molecule has 7 nitrogen and oxygen atoms in total. The number of hydrogen-bond acceptors (Lipinski definition) is 6. The molecule has 152 valence electrons. The Morgan fingerprint density at radius 2 is 2.04 bits per heavy atom. The second-order valence-electron chi connectivity index (χ2n) is 6.89. The molecule has 2 aromatic rings. The second kappa shape index (κ2) is 9.34. The van der Waals surface area contributed by atoms with Crippen molar-refractivity contribution in [3.63, 3.8) is 0 Å². The molecule has 3 rings (SSSR count). The zero-order valence-electron chi connectivity index (χ0n) is 16.8. The van der Waals surface area contributed by atoms with Crippen molar-refractivity contribution in [1.29, 1.82) is 0 Å². The minimum atomic E-state index is -0.103. The van der Waals surface area contributed by atoms with Gasteiger partial charge in [0.2, 0.25) is 0 Å². The van der Waals surface area contributed by atoms with Crippen molar-refractivity contribution in [2.45, 2.75) is 39.9 Å². The average Bonchev–Trinajstić information content (AvgIpc) is 3.03. The molecule has 0 spiro atoms. The maximum Gasteiger partial charge on any atom is 0.310 e. The topological polar surface area (TPSA) is 61.5 Å². The van der Waals surface area contributed by atoms with E-state index in [1.54, 1.807) is 7.11 Å². The molecule has 0 saturated carbocycles. The molecule has 0 amide bonds. The number of benzene rings is 1. The smallest absolute Gasteiger partial charge is 0.310 e. The van der Waals surface area contributed by atoms with Crippen LogP contribution in [0.1, 0.15) is 26.7 Å². The van der Waals surface area contributed by atoms with Gasteiger partial charge in [0.15, 0.2) is 10.6 Å². The fourth-order valence-corrected chi connectivity index (χ4v) is 3.91. The van der Waals surface area contributed by atoms with Gasteiger partial charge in [0.05, 0.1) is 26.3 Å². The Balaban J connectivity index is 1.80. The summed E-state index contributed by atoms with van der Waals surface area (Å²) in [7, 11) is 1.65. The van der Waals surface area contributed by atoms with Gasteiger partial charge in [-0.3, -0.25) is 9.69 Å². The van der Waals surface area contributed by atoms with Crippen LogP contribution in [-0.4, -0.2) is 52.0 Å². The van der Waals surface area contributed by atoms with Crippen LogP contribution in [0.15, 0.2) is 24.3 Å². The molecule has 0 radical (unpaired) electrons. The van der Waals surface area contributed by atoms with E-state index < -0.39 is 0 Å². The van der Waals surface area contributed by atoms with Crippen LogP contribution in [-0.2, 0) is 22.7 Å². The van der Waals surface area contributed by atoms with E-state index >= 15 is 0 Å². The highest BCUT2D eigenvalue weighted by Gasteiger charge is 2.27. The summed E-state index contributed by atoms with van der Waals surface area (Å²) in [5, 5.41) is 4.78. The highest BCUT2D eigenvalue weighted by Crippen LogP contribution is 2.23. The number of likely N-dealkylation sites (tertiary alicyclic amines) is 1. The molecule has 28 heavy (non-hydrogen) atoms. The normalized spacial score (nSPS) is 17.5. The summed E-state index contributed by atoms with van der Waals surface area (Å²) in [6.45, 7) is 7.25. The Kier molecular flexibility index (Phi) is 6.85. The number of carbonyl (C=O) groups is 1. The van der Waals surface area contributed by atoms with Crippen LogP contribution >= 0.6 is 12.2 Å². The summed E-state index contributed by atoms with van der Waals surface area (Å²) in [5.41, 5.74) is 0.996. The number of piperidine rings is 1. The maximum absolute atomic E-state index is 12.1. The minimum absolute atomic E-state index is 0.0720. The number of hydrogen-bond donors (Lipinski definition) is 0. The van der Waals surface area contributed by atoms with Crippen molar-refractivity contribution in [1.82, 2.24) is 19.2 Å². The third-order valence-corrected chi connectivity index (χ3v) is 5.48. The summed E-state index contributed by atoms with van der Waals surface area (Å²) in [4.78, 5) is 14.3. The van der Waals surface area contributed by atoms with Gasteiger partial charge in [-0.1, -0.05) is 0 Å². The molecule has 2 heterocycles. The number of methoxy groups -OCH3 is 1. The molecule has 1 aliphatic heterocycles. The van der Waals surface area contributed by atoms with Gasteiger partial charge in [-0.2, -0.15) is 5.10 Å². The first-order valence-corrected chi connectivity index (χ1v) is 10.2. The Bertz CT molecular complexity index is 859. The first-order valence-electron chi connectivity index (χ1n) is 9.78. The molecule has 0 aliphatic carbocycles. The number of aromatic nitrogens is 3. The fourth-order valence-electron chi connectivity index (χ4n) is 3.60. The Labute approximate surface area is 170 Å². The SMILES string of the molecule is CCOC(=O)[C@@H]1CCCN(Cn2nc(-c3ccc(OC)cc3)n(CC)c2=S)C1. The van der Waals surface area contributed by atoms with Crippen molar-refractivity contribution >= 4 is 18.2 Å². The van der Waals surface area contributed by atoms with Crippen LogP contribution in [0.3, 0.4) is 0 Å². The van der Waals surface area contributed by atoms with Crippen LogP contribution in [0, 0.1) is 10.7 Å². The third kappa shape index (κ3) is 4.44. The summed E-state index contributed by atoms with van der Waals surface area (Å²) in [6, 6.07) is 7.83. The molecule has 1 atom stereocenters. The lowest BCUT2D eigenvalue weighted by atomic mass is 9.99. The fraction of sp³-hybridized carbons (Fsp3) is 0.550. The molecule has 1 aromatic carbocycles. The van der Waals surface area contributed by atoms with Gasteiger partial charge in [0.25, 0.3) is 0 Å². The summed E-state index contributed by atoms with van der Waals surface area (Å²) in [6.07, 6.45) is 1.85. The molecule has 8 heteroatoms. The van der Waals surface area contributed by atoms with Gasteiger partial charge in [-0.05, 0) is 69.7 Å². The van der Waals surface area contributed by atoms with Crippen molar-refractivity contribution < 1.29 is 14.3 Å². The standard InChI is InChI=1S/C20H28N4O3S/c1-4-23-18(15-8-10-17(26-3)11-9-15)21-24(20(23)28)14-22-12-6-7-16(13-22)19(25)27-5-2/h8-11,16H,4-7,12-14H2,1-3H3/t16-/m1/s1. The highest BCUT2D eigenvalue weighted by atomic mass is 32.1. The zero-order valence-corrected chi connectivity index (χ0v) is 17.6. The predicted octanol–water partition coefficient (Wildman–Crippen LogP) is 3.34. The van der Waals surface area contributed by atoms with Crippen LogP contribution < -0.4 is 4.74 Å². The highest BCUT2D eigenvalue weighted by molar-refractivity contribution is 7.71. The molecule has 0 N–H and O–H groups in total. The van der Waals surface area contributed by atoms with Crippen LogP contribution in [0.2, 0.25) is 0 Å². The van der Waals surface area contributed by atoms with Gasteiger partial charge in [-0.15, -0.1) is 0 Å². The third-order valence-electron chi connectivity index (χ3n) is 5.05. The van der Waals surface area contributed by atoms with E-state index in [1.165, 1.54) is 0 Å². The quantitative estimate of drug-likeness (QED) is 0.521. The molecular weight excluding hydrogens is 376 g/mol. The molecular formula is C20H28N4O3S. The van der Waals surface area contributed by atoms with Gasteiger partial charge >= 0.3 is 5.97 Å². The van der Waals surface area contributed by atoms with E-state index in [4.69, 9.17) is 26.8 Å². The van der Waals surface area contributed by atoms with Crippen molar-refractivity contribution in [3.8, 4) is 17.1 Å². The zero-order chi connectivity index (χ0) is 20.1. The number of ether oxygens (including phenoxy) is 2. The lowest BCUT2D eigenvalue weighted by Gasteiger charge is -2.31. The molecule has 0 bridgehead atoms. The summed E-state index contributed by atoms with van der Waals surface area (Å²) < 4.78 is 15.0. The molecule has 0 unspecified atom stereocenters. The van der Waals surface area contributed by atoms with Crippen molar-refractivity contribution in [3.05, 3.63) is 29.0 Å². The molecule has 1 saturated heterocycles. The number of esters is 1. The van der Waals surface area contributed by atoms with Gasteiger partial charge in [0, 0.05) is 18.7 Å². The van der Waals surface area contributed by atoms with E-state index in [2.05, 4.69) is 11.8 Å². The lowest BCUT2D eigenvalue weighted by Crippen LogP contribution is -2.40. The van der Waals surface area contributed by atoms with Crippen molar-refractivity contribution in [2.75, 3.05) is 26.8 Å². The Morgan fingerprint density at radius 1 is 1.29 bits per heavy atom. The Hall–Kier alpha value is -2.19.